The molecule has 1 aliphatic heterocycles. The standard InChI is InChI=1S/C19H25N5O2/c1-26-16-5-6-18(24-9-2-7-21-24)14(11-16)12-23-10-8-20-17(13-23)19(25)22-15-3-4-15/h2,5-7,9,11,15,17,20H,3-4,8,10,12-13H2,1H3,(H,22,25)/t17-/m1/s1. The molecule has 0 spiro atoms. The smallest absolute Gasteiger partial charge is 0.238 e. The molecular formula is C19H25N5O2. The number of carbonyl (C=O) groups is 1. The van der Waals surface area contributed by atoms with Crippen LogP contribution in [0.4, 0.5) is 0 Å². The summed E-state index contributed by atoms with van der Waals surface area (Å²) in [6.45, 7) is 3.17. The van der Waals surface area contributed by atoms with Gasteiger partial charge in [-0.2, -0.15) is 5.10 Å². The number of piperazine rings is 1. The lowest BCUT2D eigenvalue weighted by Crippen LogP contribution is -2.57. The van der Waals surface area contributed by atoms with Crippen LogP contribution in [0.3, 0.4) is 0 Å². The van der Waals surface area contributed by atoms with Crippen molar-refractivity contribution >= 4 is 5.91 Å². The fraction of sp³-hybridized carbons (Fsp3) is 0.474. The molecule has 7 nitrogen and oxygen atoms in total. The van der Waals surface area contributed by atoms with Crippen LogP contribution in [-0.4, -0.2) is 59.4 Å². The van der Waals surface area contributed by atoms with Crippen LogP contribution in [0.5, 0.6) is 5.75 Å². The quantitative estimate of drug-likeness (QED) is 0.807. The van der Waals surface area contributed by atoms with Crippen molar-refractivity contribution in [1.29, 1.82) is 0 Å². The Kier molecular flexibility index (Phi) is 4.90. The van der Waals surface area contributed by atoms with E-state index in [0.29, 0.717) is 12.6 Å². The predicted molar refractivity (Wildman–Crippen MR) is 98.3 cm³/mol. The Morgan fingerprint density at radius 3 is 3.04 bits per heavy atom. The average Bonchev–Trinajstić information content (AvgIpc) is 3.31. The van der Waals surface area contributed by atoms with Crippen molar-refractivity contribution in [1.82, 2.24) is 25.3 Å². The second kappa shape index (κ2) is 7.47. The highest BCUT2D eigenvalue weighted by molar-refractivity contribution is 5.82. The second-order valence-electron chi connectivity index (χ2n) is 6.97. The van der Waals surface area contributed by atoms with Gasteiger partial charge in [-0.1, -0.05) is 0 Å². The molecule has 1 aliphatic carbocycles. The van der Waals surface area contributed by atoms with Crippen molar-refractivity contribution in [2.24, 2.45) is 0 Å². The highest BCUT2D eigenvalue weighted by Gasteiger charge is 2.30. The second-order valence-corrected chi connectivity index (χ2v) is 6.97. The Bertz CT molecular complexity index is 757. The van der Waals surface area contributed by atoms with Gasteiger partial charge in [-0.3, -0.25) is 9.69 Å². The molecule has 26 heavy (non-hydrogen) atoms. The molecule has 7 heteroatoms. The highest BCUT2D eigenvalue weighted by atomic mass is 16.5. The van der Waals surface area contributed by atoms with E-state index >= 15 is 0 Å². The maximum Gasteiger partial charge on any atom is 0.238 e. The molecule has 2 heterocycles. The van der Waals surface area contributed by atoms with Crippen molar-refractivity contribution in [3.8, 4) is 11.4 Å². The summed E-state index contributed by atoms with van der Waals surface area (Å²) in [6, 6.07) is 8.19. The van der Waals surface area contributed by atoms with Gasteiger partial charge in [-0.05, 0) is 42.7 Å². The van der Waals surface area contributed by atoms with Crippen LogP contribution in [0.1, 0.15) is 18.4 Å². The Morgan fingerprint density at radius 2 is 2.31 bits per heavy atom. The first-order valence-electron chi connectivity index (χ1n) is 9.16. The van der Waals surface area contributed by atoms with Crippen molar-refractivity contribution in [3.63, 3.8) is 0 Å². The van der Waals surface area contributed by atoms with E-state index < -0.39 is 0 Å². The summed E-state index contributed by atoms with van der Waals surface area (Å²) < 4.78 is 7.27. The first-order valence-corrected chi connectivity index (χ1v) is 9.16. The lowest BCUT2D eigenvalue weighted by molar-refractivity contribution is -0.124. The van der Waals surface area contributed by atoms with E-state index in [2.05, 4.69) is 26.7 Å². The zero-order chi connectivity index (χ0) is 17.9. The minimum atomic E-state index is -0.150. The van der Waals surface area contributed by atoms with Crippen LogP contribution in [0.2, 0.25) is 0 Å². The van der Waals surface area contributed by atoms with Crippen LogP contribution >= 0.6 is 0 Å². The topological polar surface area (TPSA) is 71.4 Å². The Balaban J connectivity index is 1.49. The van der Waals surface area contributed by atoms with Crippen LogP contribution in [0.25, 0.3) is 5.69 Å². The van der Waals surface area contributed by atoms with Crippen LogP contribution in [0, 0.1) is 0 Å². The molecule has 1 amide bonds. The molecule has 1 saturated heterocycles. The molecule has 4 rings (SSSR count). The molecular weight excluding hydrogens is 330 g/mol. The van der Waals surface area contributed by atoms with Crippen molar-refractivity contribution < 1.29 is 9.53 Å². The number of ether oxygens (including phenoxy) is 1. The number of rotatable bonds is 6. The van der Waals surface area contributed by atoms with E-state index in [9.17, 15) is 4.79 Å². The molecule has 138 valence electrons. The first-order chi connectivity index (χ1) is 12.7. The van der Waals surface area contributed by atoms with Gasteiger partial charge in [0.15, 0.2) is 0 Å². The van der Waals surface area contributed by atoms with Gasteiger partial charge in [0, 0.05) is 44.6 Å². The number of hydrogen-bond donors (Lipinski definition) is 2. The monoisotopic (exact) mass is 355 g/mol. The van der Waals surface area contributed by atoms with Gasteiger partial charge in [-0.25, -0.2) is 4.68 Å². The fourth-order valence-electron chi connectivity index (χ4n) is 3.35. The average molecular weight is 355 g/mol. The van der Waals surface area contributed by atoms with Crippen molar-refractivity contribution in [3.05, 3.63) is 42.2 Å². The molecule has 1 aromatic carbocycles. The molecule has 1 atom stereocenters. The van der Waals surface area contributed by atoms with Crippen LogP contribution in [0.15, 0.2) is 36.7 Å². The number of nitrogens with one attached hydrogen (secondary N) is 2. The number of carbonyl (C=O) groups excluding carboxylic acids is 1. The van der Waals surface area contributed by atoms with Gasteiger partial charge in [0.05, 0.1) is 18.8 Å². The Morgan fingerprint density at radius 1 is 1.42 bits per heavy atom. The molecule has 1 aromatic heterocycles. The zero-order valence-corrected chi connectivity index (χ0v) is 15.0. The highest BCUT2D eigenvalue weighted by Crippen LogP contribution is 2.23. The summed E-state index contributed by atoms with van der Waals surface area (Å²) >= 11 is 0. The molecule has 2 fully saturated rings. The minimum absolute atomic E-state index is 0.121. The van der Waals surface area contributed by atoms with E-state index in [0.717, 1.165) is 49.5 Å². The van der Waals surface area contributed by atoms with E-state index in [1.54, 1.807) is 13.3 Å². The summed E-state index contributed by atoms with van der Waals surface area (Å²) in [4.78, 5) is 14.7. The summed E-state index contributed by atoms with van der Waals surface area (Å²) in [5, 5.41) is 10.8. The molecule has 2 aliphatic rings. The van der Waals surface area contributed by atoms with Gasteiger partial charge < -0.3 is 15.4 Å². The summed E-state index contributed by atoms with van der Waals surface area (Å²) in [6.07, 6.45) is 5.93. The third-order valence-electron chi connectivity index (χ3n) is 4.93. The maximum atomic E-state index is 12.4. The molecule has 0 radical (unpaired) electrons. The number of hydrogen-bond acceptors (Lipinski definition) is 5. The normalized spacial score (nSPS) is 20.7. The van der Waals surface area contributed by atoms with Gasteiger partial charge in [0.2, 0.25) is 5.91 Å². The predicted octanol–water partition coefficient (Wildman–Crippen LogP) is 0.933. The lowest BCUT2D eigenvalue weighted by Gasteiger charge is -2.33. The molecule has 2 N–H and O–H groups in total. The molecule has 0 bridgehead atoms. The van der Waals surface area contributed by atoms with E-state index in [4.69, 9.17) is 4.74 Å². The van der Waals surface area contributed by atoms with Gasteiger partial charge >= 0.3 is 0 Å². The molecule has 2 aromatic rings. The number of nitrogens with zero attached hydrogens (tertiary/aromatic N) is 3. The number of aromatic nitrogens is 2. The van der Waals surface area contributed by atoms with Gasteiger partial charge in [0.1, 0.15) is 5.75 Å². The van der Waals surface area contributed by atoms with E-state index in [1.807, 2.05) is 29.1 Å². The van der Waals surface area contributed by atoms with Crippen molar-refractivity contribution in [2.75, 3.05) is 26.7 Å². The Hall–Kier alpha value is -2.38. The molecule has 1 saturated carbocycles. The fourth-order valence-corrected chi connectivity index (χ4v) is 3.35. The SMILES string of the molecule is COc1ccc(-n2cccn2)c(CN2CCN[C@@H](C(=O)NC3CC3)C2)c1. The number of amides is 1. The van der Waals surface area contributed by atoms with Crippen LogP contribution in [-0.2, 0) is 11.3 Å². The van der Waals surface area contributed by atoms with E-state index in [-0.39, 0.29) is 11.9 Å². The largest absolute Gasteiger partial charge is 0.497 e. The maximum absolute atomic E-state index is 12.4. The van der Waals surface area contributed by atoms with Gasteiger partial charge in [0.25, 0.3) is 0 Å². The Labute approximate surface area is 153 Å². The first kappa shape index (κ1) is 17.1. The third kappa shape index (κ3) is 3.89. The van der Waals surface area contributed by atoms with Crippen molar-refractivity contribution in [2.45, 2.75) is 31.5 Å². The zero-order valence-electron chi connectivity index (χ0n) is 15.0. The summed E-state index contributed by atoms with van der Waals surface area (Å²) in [5.74, 6) is 0.948. The summed E-state index contributed by atoms with van der Waals surface area (Å²) in [7, 11) is 1.68. The summed E-state index contributed by atoms with van der Waals surface area (Å²) in [5.41, 5.74) is 2.17. The number of benzene rings is 1. The lowest BCUT2D eigenvalue weighted by atomic mass is 10.1. The van der Waals surface area contributed by atoms with E-state index in [1.165, 1.54) is 0 Å². The minimum Gasteiger partial charge on any atom is -0.497 e. The van der Waals surface area contributed by atoms with Crippen LogP contribution < -0.4 is 15.4 Å². The van der Waals surface area contributed by atoms with Gasteiger partial charge in [-0.15, -0.1) is 0 Å². The number of methoxy groups -OCH3 is 1. The molecule has 0 unspecified atom stereocenters. The third-order valence-corrected chi connectivity index (χ3v) is 4.93.